The predicted molar refractivity (Wildman–Crippen MR) is 145 cm³/mol. The highest BCUT2D eigenvalue weighted by Crippen LogP contribution is 2.26. The predicted octanol–water partition coefficient (Wildman–Crippen LogP) is 3.90. The molecule has 0 spiro atoms. The summed E-state index contributed by atoms with van der Waals surface area (Å²) in [4.78, 5) is 23.3. The van der Waals surface area contributed by atoms with E-state index >= 15 is 0 Å². The maximum absolute atomic E-state index is 9.88. The summed E-state index contributed by atoms with van der Waals surface area (Å²) in [5, 5.41) is 0. The number of benzene rings is 1. The standard InChI is InChI=1S/C20H29N5O.C8H8O3/c1-16-19(7-5-10-22-16)26-20(23-15-21)17-6-3-4-11-25(14-17)18-8-12-24(2)13-9-18;1-10-7-2-4-8(5-3-7)11-6-9/h4-5,7,10-11,14-15,18,20H,3,6,8-9,12-13H2,1-2H3,(H2,21,23);2-6H,1H3. The third-order valence-electron chi connectivity index (χ3n) is 6.28. The molecule has 9 heteroatoms. The lowest BCUT2D eigenvalue weighted by atomic mass is 10.0. The highest BCUT2D eigenvalue weighted by atomic mass is 16.5. The highest BCUT2D eigenvalue weighted by Gasteiger charge is 2.24. The van der Waals surface area contributed by atoms with Crippen molar-refractivity contribution in [3.05, 3.63) is 72.3 Å². The Bertz CT molecular complexity index is 1060. The van der Waals surface area contributed by atoms with Crippen LogP contribution in [0.3, 0.4) is 0 Å². The van der Waals surface area contributed by atoms with E-state index in [4.69, 9.17) is 15.2 Å². The number of rotatable bonds is 8. The molecule has 0 amide bonds. The Labute approximate surface area is 219 Å². The second kappa shape index (κ2) is 14.6. The fraction of sp³-hybridized carbons (Fsp3) is 0.393. The molecule has 9 nitrogen and oxygen atoms in total. The quantitative estimate of drug-likeness (QED) is 0.326. The fourth-order valence-electron chi connectivity index (χ4n) is 4.16. The number of likely N-dealkylation sites (tertiary alicyclic amines) is 1. The first-order valence-corrected chi connectivity index (χ1v) is 12.4. The molecular formula is C28H37N5O4. The third-order valence-corrected chi connectivity index (χ3v) is 6.28. The molecule has 1 fully saturated rings. The van der Waals surface area contributed by atoms with Crippen molar-refractivity contribution in [2.24, 2.45) is 10.7 Å². The molecular weight excluding hydrogens is 470 g/mol. The highest BCUT2D eigenvalue weighted by molar-refractivity contribution is 5.52. The van der Waals surface area contributed by atoms with Crippen LogP contribution >= 0.6 is 0 Å². The second-order valence-electron chi connectivity index (χ2n) is 8.85. The monoisotopic (exact) mass is 507 g/mol. The minimum absolute atomic E-state index is 0.391. The summed E-state index contributed by atoms with van der Waals surface area (Å²) < 4.78 is 15.6. The number of methoxy groups -OCH3 is 1. The van der Waals surface area contributed by atoms with E-state index in [9.17, 15) is 4.79 Å². The summed E-state index contributed by atoms with van der Waals surface area (Å²) in [5.41, 5.74) is 7.60. The van der Waals surface area contributed by atoms with Crippen LogP contribution < -0.4 is 19.9 Å². The molecule has 4 rings (SSSR count). The number of aliphatic imine (C=N–C) groups is 1. The van der Waals surface area contributed by atoms with E-state index < -0.39 is 6.23 Å². The summed E-state index contributed by atoms with van der Waals surface area (Å²) >= 11 is 0. The maximum atomic E-state index is 9.88. The van der Waals surface area contributed by atoms with Crippen LogP contribution in [0.15, 0.2) is 71.6 Å². The smallest absolute Gasteiger partial charge is 0.298 e. The lowest BCUT2D eigenvalue weighted by Crippen LogP contribution is -2.39. The molecule has 2 aliphatic rings. The van der Waals surface area contributed by atoms with Crippen molar-refractivity contribution in [1.29, 1.82) is 0 Å². The van der Waals surface area contributed by atoms with Gasteiger partial charge in [-0.15, -0.1) is 0 Å². The number of piperidine rings is 1. The molecule has 2 aromatic rings. The van der Waals surface area contributed by atoms with Crippen LogP contribution in [0.4, 0.5) is 0 Å². The zero-order chi connectivity index (χ0) is 26.5. The van der Waals surface area contributed by atoms with Crippen molar-refractivity contribution >= 4 is 12.8 Å². The molecule has 1 atom stereocenters. The number of carbonyl (C=O) groups is 1. The summed E-state index contributed by atoms with van der Waals surface area (Å²) in [6.07, 6.45) is 13.5. The molecule has 198 valence electrons. The van der Waals surface area contributed by atoms with E-state index in [2.05, 4.69) is 50.0 Å². The van der Waals surface area contributed by atoms with E-state index in [1.807, 2.05) is 19.1 Å². The number of hydrogen-bond acceptors (Lipinski definition) is 8. The number of aromatic nitrogens is 1. The topological polar surface area (TPSA) is 103 Å². The number of nitrogens with zero attached hydrogens (tertiary/aromatic N) is 4. The van der Waals surface area contributed by atoms with Gasteiger partial charge in [0.2, 0.25) is 6.23 Å². The average Bonchev–Trinajstić information content (AvgIpc) is 3.18. The first-order valence-electron chi connectivity index (χ1n) is 12.4. The molecule has 1 aromatic carbocycles. The minimum Gasteiger partial charge on any atom is -0.497 e. The van der Waals surface area contributed by atoms with Crippen LogP contribution in [-0.4, -0.2) is 67.1 Å². The Morgan fingerprint density at radius 2 is 1.89 bits per heavy atom. The largest absolute Gasteiger partial charge is 0.497 e. The normalized spacial score (nSPS) is 17.3. The van der Waals surface area contributed by atoms with Crippen LogP contribution in [0.25, 0.3) is 0 Å². The molecule has 0 aliphatic carbocycles. The Balaban J connectivity index is 0.000000289. The van der Waals surface area contributed by atoms with Gasteiger partial charge in [0.15, 0.2) is 0 Å². The molecule has 2 N–H and O–H groups in total. The van der Waals surface area contributed by atoms with Crippen LogP contribution in [-0.2, 0) is 4.79 Å². The zero-order valence-corrected chi connectivity index (χ0v) is 21.8. The van der Waals surface area contributed by atoms with Crippen molar-refractivity contribution in [1.82, 2.24) is 14.8 Å². The first-order chi connectivity index (χ1) is 18.0. The molecule has 0 radical (unpaired) electrons. The van der Waals surface area contributed by atoms with E-state index in [1.54, 1.807) is 37.6 Å². The Kier molecular flexibility index (Phi) is 11.0. The van der Waals surface area contributed by atoms with Crippen LogP contribution in [0, 0.1) is 6.92 Å². The fourth-order valence-corrected chi connectivity index (χ4v) is 4.16. The van der Waals surface area contributed by atoms with E-state index in [-0.39, 0.29) is 0 Å². The zero-order valence-electron chi connectivity index (χ0n) is 21.8. The van der Waals surface area contributed by atoms with Gasteiger partial charge in [-0.3, -0.25) is 9.78 Å². The second-order valence-corrected chi connectivity index (χ2v) is 8.85. The molecule has 1 unspecified atom stereocenters. The van der Waals surface area contributed by atoms with Gasteiger partial charge in [-0.1, -0.05) is 6.08 Å². The van der Waals surface area contributed by atoms with Crippen LogP contribution in [0.5, 0.6) is 17.2 Å². The summed E-state index contributed by atoms with van der Waals surface area (Å²) in [5.74, 6) is 2.00. The maximum Gasteiger partial charge on any atom is 0.298 e. The molecule has 37 heavy (non-hydrogen) atoms. The average molecular weight is 508 g/mol. The van der Waals surface area contributed by atoms with Gasteiger partial charge in [-0.25, -0.2) is 4.99 Å². The van der Waals surface area contributed by atoms with Crippen LogP contribution in [0.2, 0.25) is 0 Å². The summed E-state index contributed by atoms with van der Waals surface area (Å²) in [6, 6.07) is 11.1. The first kappa shape index (κ1) is 27.7. The van der Waals surface area contributed by atoms with Gasteiger partial charge in [0, 0.05) is 24.0 Å². The van der Waals surface area contributed by atoms with Gasteiger partial charge in [-0.2, -0.15) is 0 Å². The number of allylic oxidation sites excluding steroid dienone is 1. The number of aryl methyl sites for hydroxylation is 1. The number of carbonyl (C=O) groups excluding carboxylic acids is 1. The van der Waals surface area contributed by atoms with Gasteiger partial charge < -0.3 is 29.7 Å². The SMILES string of the molecule is COc1ccc(OC=O)cc1.Cc1ncccc1OC(/N=C\N)C1=CN(C2CCN(C)CC2)C=CCC1. The van der Waals surface area contributed by atoms with Crippen molar-refractivity contribution in [2.45, 2.75) is 44.9 Å². The summed E-state index contributed by atoms with van der Waals surface area (Å²) in [6.45, 7) is 4.59. The van der Waals surface area contributed by atoms with E-state index in [1.165, 1.54) is 6.34 Å². The Hall–Kier alpha value is -3.85. The number of hydrogen-bond donors (Lipinski definition) is 1. The van der Waals surface area contributed by atoms with Crippen molar-refractivity contribution in [2.75, 3.05) is 27.2 Å². The number of pyridine rings is 1. The van der Waals surface area contributed by atoms with E-state index in [0.29, 0.717) is 18.3 Å². The van der Waals surface area contributed by atoms with Gasteiger partial charge in [0.05, 0.1) is 19.1 Å². The van der Waals surface area contributed by atoms with Gasteiger partial charge >= 0.3 is 0 Å². The molecule has 2 aliphatic heterocycles. The van der Waals surface area contributed by atoms with Crippen LogP contribution in [0.1, 0.15) is 31.4 Å². The Morgan fingerprint density at radius 1 is 1.16 bits per heavy atom. The lowest BCUT2D eigenvalue weighted by molar-refractivity contribution is -0.120. The molecule has 0 bridgehead atoms. The number of ether oxygens (including phenoxy) is 3. The Morgan fingerprint density at radius 3 is 2.54 bits per heavy atom. The minimum atomic E-state index is -0.420. The number of nitrogens with two attached hydrogens (primary N) is 1. The molecule has 3 heterocycles. The lowest BCUT2D eigenvalue weighted by Gasteiger charge is -2.35. The summed E-state index contributed by atoms with van der Waals surface area (Å²) in [7, 11) is 3.77. The van der Waals surface area contributed by atoms with Gasteiger partial charge in [-0.05, 0) is 95.3 Å². The van der Waals surface area contributed by atoms with Crippen molar-refractivity contribution in [3.8, 4) is 17.2 Å². The third kappa shape index (κ3) is 8.64. The van der Waals surface area contributed by atoms with E-state index in [0.717, 1.165) is 61.5 Å². The molecule has 1 aromatic heterocycles. The van der Waals surface area contributed by atoms with Gasteiger partial charge in [0.1, 0.15) is 17.2 Å². The van der Waals surface area contributed by atoms with Gasteiger partial charge in [0.25, 0.3) is 6.47 Å². The molecule has 0 saturated carbocycles. The molecule has 1 saturated heterocycles. The van der Waals surface area contributed by atoms with Crippen molar-refractivity contribution in [3.63, 3.8) is 0 Å². The van der Waals surface area contributed by atoms with Crippen molar-refractivity contribution < 1.29 is 19.0 Å².